The Labute approximate surface area is 122 Å². The number of nitrogens with one attached hydrogen (secondary N) is 1. The Morgan fingerprint density at radius 3 is 2.30 bits per heavy atom. The standard InChI is InChI=1S/C17H27NO2/c1-3-12-19-15-7-9-16(10-8-15)20-13-11-14-5-4-6-17(14)18-2/h7-10,14,17-18H,3-6,11-13H2,1-2H3. The number of hydrogen-bond donors (Lipinski definition) is 1. The summed E-state index contributed by atoms with van der Waals surface area (Å²) in [5.41, 5.74) is 0. The van der Waals surface area contributed by atoms with Crippen molar-refractivity contribution >= 4 is 0 Å². The van der Waals surface area contributed by atoms with Gasteiger partial charge in [0.15, 0.2) is 0 Å². The molecular weight excluding hydrogens is 250 g/mol. The van der Waals surface area contributed by atoms with Crippen LogP contribution in [0.5, 0.6) is 11.5 Å². The molecule has 1 aromatic rings. The number of hydrogen-bond acceptors (Lipinski definition) is 3. The van der Waals surface area contributed by atoms with E-state index in [4.69, 9.17) is 9.47 Å². The lowest BCUT2D eigenvalue weighted by Gasteiger charge is -2.19. The Kier molecular flexibility index (Phi) is 6.19. The van der Waals surface area contributed by atoms with Crippen LogP contribution in [-0.4, -0.2) is 26.3 Å². The van der Waals surface area contributed by atoms with Crippen LogP contribution < -0.4 is 14.8 Å². The van der Waals surface area contributed by atoms with Crippen LogP contribution in [0.2, 0.25) is 0 Å². The van der Waals surface area contributed by atoms with E-state index in [1.54, 1.807) is 0 Å². The largest absolute Gasteiger partial charge is 0.494 e. The molecule has 0 amide bonds. The SMILES string of the molecule is CCCOc1ccc(OCCC2CCCC2NC)cc1. The molecule has 1 aromatic carbocycles. The molecule has 1 N–H and O–H groups in total. The Morgan fingerprint density at radius 1 is 1.05 bits per heavy atom. The van der Waals surface area contributed by atoms with E-state index in [-0.39, 0.29) is 0 Å². The number of benzene rings is 1. The Hall–Kier alpha value is -1.22. The Morgan fingerprint density at radius 2 is 1.70 bits per heavy atom. The molecule has 3 nitrogen and oxygen atoms in total. The molecule has 2 rings (SSSR count). The molecule has 0 aromatic heterocycles. The van der Waals surface area contributed by atoms with Gasteiger partial charge in [-0.25, -0.2) is 0 Å². The zero-order valence-electron chi connectivity index (χ0n) is 12.7. The van der Waals surface area contributed by atoms with E-state index in [1.807, 2.05) is 24.3 Å². The van der Waals surface area contributed by atoms with Gasteiger partial charge in [0.05, 0.1) is 13.2 Å². The van der Waals surface area contributed by atoms with E-state index in [1.165, 1.54) is 19.3 Å². The fourth-order valence-electron chi connectivity index (χ4n) is 2.94. The van der Waals surface area contributed by atoms with Crippen LogP contribution in [0.25, 0.3) is 0 Å². The highest BCUT2D eigenvalue weighted by Crippen LogP contribution is 2.28. The zero-order chi connectivity index (χ0) is 14.2. The minimum atomic E-state index is 0.684. The van der Waals surface area contributed by atoms with Crippen molar-refractivity contribution in [1.82, 2.24) is 5.32 Å². The third-order valence-corrected chi connectivity index (χ3v) is 4.08. The minimum absolute atomic E-state index is 0.684. The maximum Gasteiger partial charge on any atom is 0.119 e. The lowest BCUT2D eigenvalue weighted by Crippen LogP contribution is -2.29. The maximum absolute atomic E-state index is 5.84. The van der Waals surface area contributed by atoms with Crippen molar-refractivity contribution in [1.29, 1.82) is 0 Å². The van der Waals surface area contributed by atoms with E-state index < -0.39 is 0 Å². The van der Waals surface area contributed by atoms with E-state index in [0.717, 1.165) is 43.5 Å². The summed E-state index contributed by atoms with van der Waals surface area (Å²) < 4.78 is 11.4. The van der Waals surface area contributed by atoms with Crippen LogP contribution in [-0.2, 0) is 0 Å². The molecule has 0 radical (unpaired) electrons. The summed E-state index contributed by atoms with van der Waals surface area (Å²) in [5.74, 6) is 2.63. The third kappa shape index (κ3) is 4.41. The summed E-state index contributed by atoms with van der Waals surface area (Å²) in [4.78, 5) is 0. The van der Waals surface area contributed by atoms with Crippen molar-refractivity contribution in [2.45, 2.75) is 45.1 Å². The molecule has 20 heavy (non-hydrogen) atoms. The topological polar surface area (TPSA) is 30.5 Å². The predicted octanol–water partition coefficient (Wildman–Crippen LogP) is 3.63. The Balaban J connectivity index is 1.71. The average molecular weight is 277 g/mol. The molecule has 0 bridgehead atoms. The monoisotopic (exact) mass is 277 g/mol. The summed E-state index contributed by atoms with van der Waals surface area (Å²) in [7, 11) is 2.07. The molecule has 0 aliphatic heterocycles. The molecule has 0 heterocycles. The van der Waals surface area contributed by atoms with Gasteiger partial charge in [0.2, 0.25) is 0 Å². The fourth-order valence-corrected chi connectivity index (χ4v) is 2.94. The highest BCUT2D eigenvalue weighted by Gasteiger charge is 2.25. The van der Waals surface area contributed by atoms with Gasteiger partial charge < -0.3 is 14.8 Å². The molecule has 2 atom stereocenters. The lowest BCUT2D eigenvalue weighted by atomic mass is 10.0. The van der Waals surface area contributed by atoms with Gasteiger partial charge in [-0.3, -0.25) is 0 Å². The van der Waals surface area contributed by atoms with Crippen LogP contribution in [0.15, 0.2) is 24.3 Å². The normalized spacial score (nSPS) is 21.9. The zero-order valence-corrected chi connectivity index (χ0v) is 12.7. The van der Waals surface area contributed by atoms with E-state index in [9.17, 15) is 0 Å². The van der Waals surface area contributed by atoms with Gasteiger partial charge in [-0.1, -0.05) is 13.3 Å². The van der Waals surface area contributed by atoms with Crippen molar-refractivity contribution in [2.75, 3.05) is 20.3 Å². The minimum Gasteiger partial charge on any atom is -0.494 e. The van der Waals surface area contributed by atoms with Gasteiger partial charge in [-0.05, 0) is 62.9 Å². The van der Waals surface area contributed by atoms with Crippen molar-refractivity contribution in [3.63, 3.8) is 0 Å². The summed E-state index contributed by atoms with van der Waals surface area (Å²) in [6.45, 7) is 3.68. The van der Waals surface area contributed by atoms with Gasteiger partial charge in [-0.15, -0.1) is 0 Å². The van der Waals surface area contributed by atoms with Crippen molar-refractivity contribution in [3.8, 4) is 11.5 Å². The van der Waals surface area contributed by atoms with Crippen molar-refractivity contribution in [2.24, 2.45) is 5.92 Å². The first kappa shape index (κ1) is 15.2. The first-order chi connectivity index (χ1) is 9.83. The summed E-state index contributed by atoms with van der Waals surface area (Å²) in [6, 6.07) is 8.64. The molecule has 0 saturated heterocycles. The highest BCUT2D eigenvalue weighted by molar-refractivity contribution is 5.31. The van der Waals surface area contributed by atoms with Crippen LogP contribution in [0, 0.1) is 5.92 Å². The maximum atomic E-state index is 5.84. The van der Waals surface area contributed by atoms with Gasteiger partial charge in [0, 0.05) is 6.04 Å². The molecule has 112 valence electrons. The molecule has 3 heteroatoms. The summed E-state index contributed by atoms with van der Waals surface area (Å²) in [5, 5.41) is 3.42. The van der Waals surface area contributed by atoms with Gasteiger partial charge in [0.1, 0.15) is 11.5 Å². The summed E-state index contributed by atoms with van der Waals surface area (Å²) >= 11 is 0. The predicted molar refractivity (Wildman–Crippen MR) is 82.5 cm³/mol. The number of ether oxygens (including phenoxy) is 2. The smallest absolute Gasteiger partial charge is 0.119 e. The molecule has 1 aliphatic rings. The van der Waals surface area contributed by atoms with Crippen LogP contribution in [0.4, 0.5) is 0 Å². The third-order valence-electron chi connectivity index (χ3n) is 4.08. The average Bonchev–Trinajstić information content (AvgIpc) is 2.94. The number of rotatable bonds is 8. The van der Waals surface area contributed by atoms with E-state index >= 15 is 0 Å². The van der Waals surface area contributed by atoms with Crippen molar-refractivity contribution < 1.29 is 9.47 Å². The second kappa shape index (κ2) is 8.15. The quantitative estimate of drug-likeness (QED) is 0.787. The fraction of sp³-hybridized carbons (Fsp3) is 0.647. The summed E-state index contributed by atoms with van der Waals surface area (Å²) in [6.07, 6.45) is 6.16. The molecule has 2 unspecified atom stereocenters. The second-order valence-electron chi connectivity index (χ2n) is 5.54. The first-order valence-electron chi connectivity index (χ1n) is 7.86. The molecule has 0 spiro atoms. The molecule has 1 aliphatic carbocycles. The van der Waals surface area contributed by atoms with E-state index in [0.29, 0.717) is 6.04 Å². The second-order valence-corrected chi connectivity index (χ2v) is 5.54. The Bertz CT molecular complexity index is 377. The first-order valence-corrected chi connectivity index (χ1v) is 7.86. The van der Waals surface area contributed by atoms with Crippen molar-refractivity contribution in [3.05, 3.63) is 24.3 Å². The molecular formula is C17H27NO2. The lowest BCUT2D eigenvalue weighted by molar-refractivity contribution is 0.262. The van der Waals surface area contributed by atoms with Gasteiger partial charge >= 0.3 is 0 Å². The van der Waals surface area contributed by atoms with Crippen LogP contribution in [0.1, 0.15) is 39.0 Å². The van der Waals surface area contributed by atoms with E-state index in [2.05, 4.69) is 19.3 Å². The highest BCUT2D eigenvalue weighted by atomic mass is 16.5. The molecule has 1 fully saturated rings. The van der Waals surface area contributed by atoms with Gasteiger partial charge in [-0.2, -0.15) is 0 Å². The van der Waals surface area contributed by atoms with Gasteiger partial charge in [0.25, 0.3) is 0 Å². The molecule has 1 saturated carbocycles. The van der Waals surface area contributed by atoms with Crippen LogP contribution >= 0.6 is 0 Å². The van der Waals surface area contributed by atoms with Crippen LogP contribution in [0.3, 0.4) is 0 Å².